The van der Waals surface area contributed by atoms with Crippen molar-refractivity contribution in [1.82, 2.24) is 9.97 Å². The summed E-state index contributed by atoms with van der Waals surface area (Å²) in [5.41, 5.74) is 2.08. The predicted octanol–water partition coefficient (Wildman–Crippen LogP) is 5.05. The maximum absolute atomic E-state index is 14.6. The van der Waals surface area contributed by atoms with Gasteiger partial charge in [0.1, 0.15) is 11.5 Å². The zero-order valence-electron chi connectivity index (χ0n) is 17.9. The molecule has 3 aromatic carbocycles. The van der Waals surface area contributed by atoms with Crippen molar-refractivity contribution >= 4 is 43.5 Å². The number of sulfonamides is 1. The maximum Gasteiger partial charge on any atom is 0.354 e. The molecule has 2 heterocycles. The number of benzene rings is 3. The lowest BCUT2D eigenvalue weighted by atomic mass is 10.1. The number of carboxylic acids is 1. The molecule has 0 unspecified atom stereocenters. The molecule has 0 aliphatic carbocycles. The van der Waals surface area contributed by atoms with Gasteiger partial charge >= 0.3 is 5.97 Å². The highest BCUT2D eigenvalue weighted by atomic mass is 32.2. The van der Waals surface area contributed by atoms with Gasteiger partial charge in [-0.2, -0.15) is 0 Å². The summed E-state index contributed by atoms with van der Waals surface area (Å²) < 4.78 is 41.6. The first-order valence-corrected chi connectivity index (χ1v) is 11.7. The van der Waals surface area contributed by atoms with Crippen LogP contribution in [0.15, 0.2) is 83.8 Å². The van der Waals surface area contributed by atoms with E-state index in [1.165, 1.54) is 35.6 Å². The number of pyridine rings is 1. The lowest BCUT2D eigenvalue weighted by molar-refractivity contribution is 0.0691. The summed E-state index contributed by atoms with van der Waals surface area (Å²) in [4.78, 5) is 19.3. The van der Waals surface area contributed by atoms with Gasteiger partial charge in [-0.15, -0.1) is 0 Å². The topological polar surface area (TPSA) is 103 Å². The van der Waals surface area contributed by atoms with E-state index in [4.69, 9.17) is 0 Å². The predicted molar refractivity (Wildman–Crippen MR) is 128 cm³/mol. The van der Waals surface area contributed by atoms with Crippen LogP contribution < -0.4 is 4.31 Å². The second-order valence-electron chi connectivity index (χ2n) is 7.70. The van der Waals surface area contributed by atoms with Gasteiger partial charge in [-0.25, -0.2) is 22.6 Å². The Bertz CT molecular complexity index is 1660. The molecule has 34 heavy (non-hydrogen) atoms. The molecule has 5 aromatic rings. The molecule has 0 saturated carbocycles. The van der Waals surface area contributed by atoms with Gasteiger partial charge in [0.15, 0.2) is 0 Å². The summed E-state index contributed by atoms with van der Waals surface area (Å²) in [7, 11) is -2.29. The van der Waals surface area contributed by atoms with E-state index in [0.717, 1.165) is 0 Å². The molecule has 170 valence electrons. The number of halogens is 1. The molecule has 0 spiro atoms. The van der Waals surface area contributed by atoms with Gasteiger partial charge in [-0.3, -0.25) is 4.31 Å². The first-order valence-electron chi connectivity index (χ1n) is 10.3. The summed E-state index contributed by atoms with van der Waals surface area (Å²) in [6.45, 7) is 0. The number of H-pyrrole nitrogens is 1. The lowest BCUT2D eigenvalue weighted by Crippen LogP contribution is -2.26. The number of carbonyl (C=O) groups is 1. The summed E-state index contributed by atoms with van der Waals surface area (Å²) in [5, 5.41) is 10.3. The standard InChI is InChI=1S/C25H18FN3O4S/c1-29(34(32,33)17-6-3-2-4-7-17)16-12-10-15(11-13-16)23-24-18(14-21(28-23)25(30)31)22-19(26)8-5-9-20(22)27-24/h2-14,27H,1H3,(H,30,31). The van der Waals surface area contributed by atoms with Crippen molar-refractivity contribution in [3.63, 3.8) is 0 Å². The zero-order valence-corrected chi connectivity index (χ0v) is 18.7. The Morgan fingerprint density at radius 2 is 1.71 bits per heavy atom. The van der Waals surface area contributed by atoms with Crippen molar-refractivity contribution in [3.05, 3.63) is 90.4 Å². The van der Waals surface area contributed by atoms with Gasteiger partial charge in [0, 0.05) is 28.9 Å². The molecule has 0 aliphatic heterocycles. The van der Waals surface area contributed by atoms with Gasteiger partial charge < -0.3 is 10.1 Å². The summed E-state index contributed by atoms with van der Waals surface area (Å²) in [6.07, 6.45) is 0. The maximum atomic E-state index is 14.6. The van der Waals surface area contributed by atoms with Crippen LogP contribution in [0.25, 0.3) is 33.1 Å². The Hall–Kier alpha value is -4.24. The number of nitrogens with zero attached hydrogens (tertiary/aromatic N) is 2. The smallest absolute Gasteiger partial charge is 0.354 e. The Morgan fingerprint density at radius 1 is 1.00 bits per heavy atom. The fourth-order valence-electron chi connectivity index (χ4n) is 3.94. The number of anilines is 1. The minimum absolute atomic E-state index is 0.166. The quantitative estimate of drug-likeness (QED) is 0.370. The number of hydrogen-bond acceptors (Lipinski definition) is 4. The second kappa shape index (κ2) is 7.96. The molecule has 0 bridgehead atoms. The first-order chi connectivity index (χ1) is 16.3. The van der Waals surface area contributed by atoms with Gasteiger partial charge in [0.05, 0.1) is 21.8 Å². The van der Waals surface area contributed by atoms with Gasteiger partial charge in [-0.05, 0) is 42.5 Å². The van der Waals surface area contributed by atoms with E-state index < -0.39 is 21.8 Å². The Balaban J connectivity index is 1.63. The number of aromatic carboxylic acids is 1. The van der Waals surface area contributed by atoms with Crippen LogP contribution in [0.2, 0.25) is 0 Å². The average molecular weight is 476 g/mol. The largest absolute Gasteiger partial charge is 0.477 e. The molecule has 7 nitrogen and oxygen atoms in total. The molecule has 0 atom stereocenters. The third kappa shape index (κ3) is 3.46. The van der Waals surface area contributed by atoms with E-state index in [2.05, 4.69) is 9.97 Å². The summed E-state index contributed by atoms with van der Waals surface area (Å²) in [5.74, 6) is -1.71. The van der Waals surface area contributed by atoms with Crippen LogP contribution in [-0.2, 0) is 10.0 Å². The monoisotopic (exact) mass is 475 g/mol. The number of carboxylic acid groups (broad SMARTS) is 1. The number of nitrogens with one attached hydrogen (secondary N) is 1. The van der Waals surface area contributed by atoms with Crippen LogP contribution in [0.4, 0.5) is 10.1 Å². The van der Waals surface area contributed by atoms with Crippen LogP contribution in [0.1, 0.15) is 10.5 Å². The van der Waals surface area contributed by atoms with Gasteiger partial charge in [-0.1, -0.05) is 36.4 Å². The zero-order chi connectivity index (χ0) is 24.0. The third-order valence-corrected chi connectivity index (χ3v) is 7.49. The van der Waals surface area contributed by atoms with Crippen LogP contribution in [0, 0.1) is 5.82 Å². The van der Waals surface area contributed by atoms with Crippen molar-refractivity contribution in [1.29, 1.82) is 0 Å². The fourth-order valence-corrected chi connectivity index (χ4v) is 5.16. The normalized spacial score (nSPS) is 11.7. The van der Waals surface area contributed by atoms with E-state index in [-0.39, 0.29) is 16.0 Å². The fraction of sp³-hybridized carbons (Fsp3) is 0.0400. The van der Waals surface area contributed by atoms with Crippen molar-refractivity contribution < 1.29 is 22.7 Å². The molecule has 0 radical (unpaired) electrons. The van der Waals surface area contributed by atoms with E-state index in [1.54, 1.807) is 54.6 Å². The second-order valence-corrected chi connectivity index (χ2v) is 9.67. The number of aromatic amines is 1. The highest BCUT2D eigenvalue weighted by Gasteiger charge is 2.22. The highest BCUT2D eigenvalue weighted by Crippen LogP contribution is 2.35. The van der Waals surface area contributed by atoms with Crippen molar-refractivity contribution in [3.8, 4) is 11.3 Å². The Kier molecular flexibility index (Phi) is 5.06. The van der Waals surface area contributed by atoms with Crippen LogP contribution >= 0.6 is 0 Å². The van der Waals surface area contributed by atoms with E-state index in [0.29, 0.717) is 33.4 Å². The van der Waals surface area contributed by atoms with Gasteiger partial charge in [0.25, 0.3) is 10.0 Å². The average Bonchev–Trinajstić information content (AvgIpc) is 3.23. The van der Waals surface area contributed by atoms with Crippen LogP contribution in [0.3, 0.4) is 0 Å². The highest BCUT2D eigenvalue weighted by molar-refractivity contribution is 7.92. The van der Waals surface area contributed by atoms with Gasteiger partial charge in [0.2, 0.25) is 0 Å². The van der Waals surface area contributed by atoms with Crippen molar-refractivity contribution in [2.24, 2.45) is 0 Å². The molecule has 5 rings (SSSR count). The van der Waals surface area contributed by atoms with Crippen LogP contribution in [0.5, 0.6) is 0 Å². The molecule has 9 heteroatoms. The number of rotatable bonds is 5. The number of hydrogen-bond donors (Lipinski definition) is 2. The number of aromatic nitrogens is 2. The minimum Gasteiger partial charge on any atom is -0.477 e. The first kappa shape index (κ1) is 21.6. The Labute approximate surface area is 194 Å². The summed E-state index contributed by atoms with van der Waals surface area (Å²) in [6, 6.07) is 20.5. The number of fused-ring (bicyclic) bond motifs is 3. The molecule has 2 N–H and O–H groups in total. The van der Waals surface area contributed by atoms with Crippen LogP contribution in [-0.4, -0.2) is 36.5 Å². The molecule has 2 aromatic heterocycles. The summed E-state index contributed by atoms with van der Waals surface area (Å²) >= 11 is 0. The van der Waals surface area contributed by atoms with E-state index in [9.17, 15) is 22.7 Å². The van der Waals surface area contributed by atoms with E-state index in [1.807, 2.05) is 0 Å². The molecule has 0 amide bonds. The molecular weight excluding hydrogens is 457 g/mol. The third-order valence-electron chi connectivity index (χ3n) is 5.69. The molecule has 0 saturated heterocycles. The minimum atomic E-state index is -3.75. The van der Waals surface area contributed by atoms with Crippen molar-refractivity contribution in [2.75, 3.05) is 11.4 Å². The van der Waals surface area contributed by atoms with Crippen molar-refractivity contribution in [2.45, 2.75) is 4.90 Å². The lowest BCUT2D eigenvalue weighted by Gasteiger charge is -2.19. The molecular formula is C25H18FN3O4S. The molecule has 0 aliphatic rings. The molecule has 0 fully saturated rings. The van der Waals surface area contributed by atoms with E-state index >= 15 is 0 Å². The Morgan fingerprint density at radius 3 is 2.38 bits per heavy atom. The SMILES string of the molecule is CN(c1ccc(-c2nc(C(=O)O)cc3c2[nH]c2cccc(F)c23)cc1)S(=O)(=O)c1ccccc1.